The van der Waals surface area contributed by atoms with Crippen LogP contribution < -0.4 is 10.0 Å². The maximum absolute atomic E-state index is 12.2. The van der Waals surface area contributed by atoms with Crippen LogP contribution >= 0.6 is 12.4 Å². The van der Waals surface area contributed by atoms with E-state index in [9.17, 15) is 18.5 Å². The number of hydrogen-bond donors (Lipinski definition) is 2. The predicted molar refractivity (Wildman–Crippen MR) is 85.8 cm³/mol. The summed E-state index contributed by atoms with van der Waals surface area (Å²) >= 11 is 0. The third kappa shape index (κ3) is 4.51. The Bertz CT molecular complexity index is 689. The minimum absolute atomic E-state index is 0. The van der Waals surface area contributed by atoms with E-state index in [1.165, 1.54) is 12.1 Å². The van der Waals surface area contributed by atoms with Crippen molar-refractivity contribution >= 4 is 28.1 Å². The average molecular weight is 348 g/mol. The quantitative estimate of drug-likeness (QED) is 0.477. The Balaban J connectivity index is 0.00000242. The number of nitrogens with one attached hydrogen (secondary N) is 2. The Morgan fingerprint density at radius 2 is 2.14 bits per heavy atom. The summed E-state index contributed by atoms with van der Waals surface area (Å²) in [5.74, 6) is 0. The van der Waals surface area contributed by atoms with Gasteiger partial charge in [0.15, 0.2) is 0 Å². The molecule has 1 aromatic carbocycles. The fourth-order valence-corrected chi connectivity index (χ4v) is 3.11. The van der Waals surface area contributed by atoms with E-state index in [0.29, 0.717) is 5.56 Å². The summed E-state index contributed by atoms with van der Waals surface area (Å²) in [4.78, 5) is 10.2. The fraction of sp³-hybridized carbons (Fsp3) is 0.385. The van der Waals surface area contributed by atoms with Crippen LogP contribution in [-0.2, 0) is 10.0 Å². The van der Waals surface area contributed by atoms with Gasteiger partial charge >= 0.3 is 0 Å². The van der Waals surface area contributed by atoms with Gasteiger partial charge in [-0.25, -0.2) is 13.1 Å². The van der Waals surface area contributed by atoms with E-state index in [2.05, 4.69) is 10.0 Å². The van der Waals surface area contributed by atoms with E-state index in [1.54, 1.807) is 6.92 Å². The van der Waals surface area contributed by atoms with Crippen molar-refractivity contribution in [3.63, 3.8) is 0 Å². The highest BCUT2D eigenvalue weighted by Crippen LogP contribution is 2.22. The van der Waals surface area contributed by atoms with E-state index >= 15 is 0 Å². The first kappa shape index (κ1) is 18.6. The molecule has 0 amide bonds. The molecule has 1 aromatic rings. The normalized spacial score (nSPS) is 14.9. The van der Waals surface area contributed by atoms with Gasteiger partial charge in [0.25, 0.3) is 5.69 Å². The summed E-state index contributed by atoms with van der Waals surface area (Å²) in [7, 11) is -3.75. The zero-order valence-electron chi connectivity index (χ0n) is 12.0. The van der Waals surface area contributed by atoms with Gasteiger partial charge in [-0.15, -0.1) is 12.4 Å². The van der Waals surface area contributed by atoms with Gasteiger partial charge in [-0.2, -0.15) is 0 Å². The molecule has 122 valence electrons. The third-order valence-electron chi connectivity index (χ3n) is 3.33. The summed E-state index contributed by atoms with van der Waals surface area (Å²) in [6.07, 6.45) is 2.74. The van der Waals surface area contributed by atoms with Crippen LogP contribution in [0, 0.1) is 17.0 Å². The van der Waals surface area contributed by atoms with Crippen molar-refractivity contribution in [1.29, 1.82) is 0 Å². The average Bonchev–Trinajstić information content (AvgIpc) is 2.46. The molecule has 2 rings (SSSR count). The lowest BCUT2D eigenvalue weighted by atomic mass is 10.1. The minimum Gasteiger partial charge on any atom is -0.313 e. The van der Waals surface area contributed by atoms with E-state index in [0.717, 1.165) is 31.1 Å². The zero-order chi connectivity index (χ0) is 15.5. The van der Waals surface area contributed by atoms with Gasteiger partial charge in [0.2, 0.25) is 10.0 Å². The molecule has 0 unspecified atom stereocenters. The van der Waals surface area contributed by atoms with Crippen molar-refractivity contribution in [2.24, 2.45) is 0 Å². The summed E-state index contributed by atoms with van der Waals surface area (Å²) in [6.45, 7) is 3.35. The first-order valence-corrected chi connectivity index (χ1v) is 8.02. The van der Waals surface area contributed by atoms with Gasteiger partial charge in [-0.3, -0.25) is 10.1 Å². The second-order valence-electron chi connectivity index (χ2n) is 4.85. The van der Waals surface area contributed by atoms with E-state index in [4.69, 9.17) is 0 Å². The second kappa shape index (κ2) is 7.68. The SMILES string of the molecule is Cc1ccc(S(=O)(=O)NCC2=CCNCC2)cc1[N+](=O)[O-].Cl. The molecular weight excluding hydrogens is 330 g/mol. The van der Waals surface area contributed by atoms with Gasteiger partial charge in [0.1, 0.15) is 0 Å². The number of nitro benzene ring substituents is 1. The van der Waals surface area contributed by atoms with Gasteiger partial charge in [-0.05, 0) is 26.0 Å². The molecule has 22 heavy (non-hydrogen) atoms. The smallest absolute Gasteiger partial charge is 0.273 e. The Morgan fingerprint density at radius 3 is 2.73 bits per heavy atom. The maximum atomic E-state index is 12.2. The number of sulfonamides is 1. The third-order valence-corrected chi connectivity index (χ3v) is 4.73. The predicted octanol–water partition coefficient (Wildman–Crippen LogP) is 1.52. The topological polar surface area (TPSA) is 101 Å². The molecule has 0 fully saturated rings. The lowest BCUT2D eigenvalue weighted by molar-refractivity contribution is -0.385. The first-order chi connectivity index (χ1) is 9.90. The molecule has 9 heteroatoms. The second-order valence-corrected chi connectivity index (χ2v) is 6.61. The van der Waals surface area contributed by atoms with Crippen LogP contribution in [0.4, 0.5) is 5.69 Å². The molecule has 1 aliphatic heterocycles. The van der Waals surface area contributed by atoms with E-state index < -0.39 is 14.9 Å². The highest BCUT2D eigenvalue weighted by Gasteiger charge is 2.20. The number of benzene rings is 1. The Kier molecular flexibility index (Phi) is 6.48. The Morgan fingerprint density at radius 1 is 1.41 bits per heavy atom. The number of rotatable bonds is 5. The molecule has 0 saturated carbocycles. The molecule has 0 spiro atoms. The summed E-state index contributed by atoms with van der Waals surface area (Å²) in [5.41, 5.74) is 1.25. The molecule has 1 heterocycles. The first-order valence-electron chi connectivity index (χ1n) is 6.53. The van der Waals surface area contributed by atoms with Gasteiger partial charge in [0.05, 0.1) is 9.82 Å². The standard InChI is InChI=1S/C13H17N3O4S.ClH/c1-10-2-3-12(8-13(10)16(17)18)21(19,20)15-9-11-4-6-14-7-5-11;/h2-4,8,14-15H,5-7,9H2,1H3;1H. The molecule has 2 N–H and O–H groups in total. The molecule has 0 saturated heterocycles. The Hall–Kier alpha value is -1.48. The lowest BCUT2D eigenvalue weighted by Gasteiger charge is -2.14. The zero-order valence-corrected chi connectivity index (χ0v) is 13.7. The molecule has 0 aromatic heterocycles. The van der Waals surface area contributed by atoms with Gasteiger partial charge in [-0.1, -0.05) is 17.7 Å². The summed E-state index contributed by atoms with van der Waals surface area (Å²) in [5, 5.41) is 14.0. The fourth-order valence-electron chi connectivity index (χ4n) is 2.05. The minimum atomic E-state index is -3.75. The molecule has 0 radical (unpaired) electrons. The van der Waals surface area contributed by atoms with Crippen molar-refractivity contribution < 1.29 is 13.3 Å². The molecule has 1 aliphatic rings. The molecule has 0 bridgehead atoms. The number of hydrogen-bond acceptors (Lipinski definition) is 5. The van der Waals surface area contributed by atoms with Gasteiger partial charge < -0.3 is 5.32 Å². The molecule has 7 nitrogen and oxygen atoms in total. The highest BCUT2D eigenvalue weighted by atomic mass is 35.5. The number of nitro groups is 1. The van der Waals surface area contributed by atoms with Crippen molar-refractivity contribution in [1.82, 2.24) is 10.0 Å². The van der Waals surface area contributed by atoms with E-state index in [-0.39, 0.29) is 29.5 Å². The van der Waals surface area contributed by atoms with Crippen LogP contribution in [0.2, 0.25) is 0 Å². The summed E-state index contributed by atoms with van der Waals surface area (Å²) < 4.78 is 26.9. The van der Waals surface area contributed by atoms with Crippen LogP contribution in [0.1, 0.15) is 12.0 Å². The van der Waals surface area contributed by atoms with Crippen LogP contribution in [-0.4, -0.2) is 33.0 Å². The summed E-state index contributed by atoms with van der Waals surface area (Å²) in [6, 6.07) is 3.91. The van der Waals surface area contributed by atoms with Crippen molar-refractivity contribution in [2.45, 2.75) is 18.2 Å². The van der Waals surface area contributed by atoms with Crippen molar-refractivity contribution in [3.8, 4) is 0 Å². The van der Waals surface area contributed by atoms with Crippen molar-refractivity contribution in [2.75, 3.05) is 19.6 Å². The maximum Gasteiger partial charge on any atom is 0.273 e. The van der Waals surface area contributed by atoms with Crippen LogP contribution in [0.15, 0.2) is 34.7 Å². The highest BCUT2D eigenvalue weighted by molar-refractivity contribution is 7.89. The van der Waals surface area contributed by atoms with Gasteiger partial charge in [0, 0.05) is 24.7 Å². The number of halogens is 1. The van der Waals surface area contributed by atoms with Crippen LogP contribution in [0.3, 0.4) is 0 Å². The van der Waals surface area contributed by atoms with Crippen molar-refractivity contribution in [3.05, 3.63) is 45.5 Å². The largest absolute Gasteiger partial charge is 0.313 e. The lowest BCUT2D eigenvalue weighted by Crippen LogP contribution is -2.29. The van der Waals surface area contributed by atoms with Crippen LogP contribution in [0.5, 0.6) is 0 Å². The number of nitrogens with zero attached hydrogens (tertiary/aromatic N) is 1. The number of aryl methyl sites for hydroxylation is 1. The molecule has 0 aliphatic carbocycles. The Labute approximate surface area is 135 Å². The molecular formula is C13H18ClN3O4S. The van der Waals surface area contributed by atoms with E-state index in [1.807, 2.05) is 6.08 Å². The monoisotopic (exact) mass is 347 g/mol. The molecule has 0 atom stereocenters. The van der Waals surface area contributed by atoms with Crippen LogP contribution in [0.25, 0.3) is 0 Å².